The average Bonchev–Trinajstić information content (AvgIpc) is 3.16. The van der Waals surface area contributed by atoms with Crippen LogP contribution in [0.15, 0.2) is 41.3 Å². The predicted molar refractivity (Wildman–Crippen MR) is 87.5 cm³/mol. The van der Waals surface area contributed by atoms with E-state index in [2.05, 4.69) is 30.8 Å². The Morgan fingerprint density at radius 1 is 1.14 bits per heavy atom. The van der Waals surface area contributed by atoms with Gasteiger partial charge in [0, 0.05) is 42.9 Å². The quantitative estimate of drug-likeness (QED) is 0.694. The SMILES string of the molecule is Fc1ccc(N2CCCC2)cc1-c1cn2cc(Br)cnc2n1. The second-order valence-electron chi connectivity index (χ2n) is 5.46. The van der Waals surface area contributed by atoms with E-state index in [-0.39, 0.29) is 5.82 Å². The molecule has 112 valence electrons. The first kappa shape index (κ1) is 13.7. The lowest BCUT2D eigenvalue weighted by molar-refractivity contribution is 0.630. The van der Waals surface area contributed by atoms with Crippen molar-refractivity contribution in [2.24, 2.45) is 0 Å². The molecule has 1 fully saturated rings. The topological polar surface area (TPSA) is 33.4 Å². The van der Waals surface area contributed by atoms with Crippen LogP contribution in [0.4, 0.5) is 10.1 Å². The highest BCUT2D eigenvalue weighted by Gasteiger charge is 2.16. The van der Waals surface area contributed by atoms with E-state index >= 15 is 0 Å². The molecule has 0 amide bonds. The second kappa shape index (κ2) is 5.35. The van der Waals surface area contributed by atoms with Gasteiger partial charge in [-0.1, -0.05) is 0 Å². The van der Waals surface area contributed by atoms with E-state index in [1.54, 1.807) is 16.8 Å². The number of benzene rings is 1. The summed E-state index contributed by atoms with van der Waals surface area (Å²) in [5.74, 6) is 0.301. The van der Waals surface area contributed by atoms with Crippen LogP contribution in [0.25, 0.3) is 17.0 Å². The van der Waals surface area contributed by atoms with Crippen LogP contribution >= 0.6 is 15.9 Å². The van der Waals surface area contributed by atoms with Crippen LogP contribution in [0.3, 0.4) is 0 Å². The lowest BCUT2D eigenvalue weighted by Crippen LogP contribution is -2.17. The van der Waals surface area contributed by atoms with Crippen molar-refractivity contribution in [3.8, 4) is 11.3 Å². The van der Waals surface area contributed by atoms with Gasteiger partial charge in [0.1, 0.15) is 5.82 Å². The first-order chi connectivity index (χ1) is 10.7. The average molecular weight is 361 g/mol. The minimum atomic E-state index is -0.259. The number of anilines is 1. The molecular formula is C16H14BrFN4. The van der Waals surface area contributed by atoms with Crippen LogP contribution in [0, 0.1) is 5.82 Å². The molecule has 1 aliphatic heterocycles. The summed E-state index contributed by atoms with van der Waals surface area (Å²) in [6.45, 7) is 2.06. The summed E-state index contributed by atoms with van der Waals surface area (Å²) < 4.78 is 16.9. The minimum Gasteiger partial charge on any atom is -0.372 e. The number of aromatic nitrogens is 3. The van der Waals surface area contributed by atoms with E-state index in [1.807, 2.05) is 18.3 Å². The number of rotatable bonds is 2. The molecule has 1 saturated heterocycles. The lowest BCUT2D eigenvalue weighted by atomic mass is 10.1. The summed E-state index contributed by atoms with van der Waals surface area (Å²) >= 11 is 3.38. The van der Waals surface area contributed by atoms with Crippen LogP contribution in [0.2, 0.25) is 0 Å². The third-order valence-corrected chi connectivity index (χ3v) is 4.39. The van der Waals surface area contributed by atoms with Crippen molar-refractivity contribution in [3.63, 3.8) is 0 Å². The van der Waals surface area contributed by atoms with Crippen molar-refractivity contribution in [3.05, 3.63) is 47.1 Å². The van der Waals surface area contributed by atoms with E-state index in [9.17, 15) is 4.39 Å². The summed E-state index contributed by atoms with van der Waals surface area (Å²) in [7, 11) is 0. The molecule has 0 saturated carbocycles. The van der Waals surface area contributed by atoms with Gasteiger partial charge >= 0.3 is 0 Å². The van der Waals surface area contributed by atoms with Crippen molar-refractivity contribution >= 4 is 27.4 Å². The first-order valence-corrected chi connectivity index (χ1v) is 8.05. The van der Waals surface area contributed by atoms with Crippen LogP contribution in [-0.4, -0.2) is 27.5 Å². The Hall–Kier alpha value is -1.95. The van der Waals surface area contributed by atoms with Gasteiger partial charge in [0.2, 0.25) is 5.78 Å². The fraction of sp³-hybridized carbons (Fsp3) is 0.250. The summed E-state index contributed by atoms with van der Waals surface area (Å²) in [5.41, 5.74) is 2.18. The molecule has 1 aliphatic rings. The van der Waals surface area contributed by atoms with E-state index < -0.39 is 0 Å². The fourth-order valence-electron chi connectivity index (χ4n) is 2.87. The maximum absolute atomic E-state index is 14.3. The predicted octanol–water partition coefficient (Wildman–Crippen LogP) is 3.90. The highest BCUT2D eigenvalue weighted by Crippen LogP contribution is 2.29. The van der Waals surface area contributed by atoms with E-state index in [4.69, 9.17) is 0 Å². The number of hydrogen-bond acceptors (Lipinski definition) is 3. The highest BCUT2D eigenvalue weighted by atomic mass is 79.9. The Bertz CT molecular complexity index is 839. The van der Waals surface area contributed by atoms with Crippen LogP contribution in [0.1, 0.15) is 12.8 Å². The number of fused-ring (bicyclic) bond motifs is 1. The summed E-state index contributed by atoms with van der Waals surface area (Å²) in [4.78, 5) is 10.9. The first-order valence-electron chi connectivity index (χ1n) is 7.26. The van der Waals surface area contributed by atoms with Crippen molar-refractivity contribution in [1.29, 1.82) is 0 Å². The number of hydrogen-bond donors (Lipinski definition) is 0. The molecule has 2 aromatic heterocycles. The standard InChI is InChI=1S/C16H14BrFN4/c17-11-8-19-16-20-15(10-22(16)9-11)13-7-12(3-4-14(13)18)21-5-1-2-6-21/h3-4,7-10H,1-2,5-6H2. The molecule has 22 heavy (non-hydrogen) atoms. The van der Waals surface area contributed by atoms with Crippen molar-refractivity contribution < 1.29 is 4.39 Å². The number of halogens is 2. The summed E-state index contributed by atoms with van der Waals surface area (Å²) in [5, 5.41) is 0. The molecule has 3 aromatic rings. The Kier molecular flexibility index (Phi) is 3.33. The highest BCUT2D eigenvalue weighted by molar-refractivity contribution is 9.10. The Morgan fingerprint density at radius 3 is 2.77 bits per heavy atom. The Balaban J connectivity index is 1.80. The lowest BCUT2D eigenvalue weighted by Gasteiger charge is -2.18. The second-order valence-corrected chi connectivity index (χ2v) is 6.38. The van der Waals surface area contributed by atoms with E-state index in [0.29, 0.717) is 17.0 Å². The molecule has 0 unspecified atom stereocenters. The largest absolute Gasteiger partial charge is 0.372 e. The molecule has 0 spiro atoms. The van der Waals surface area contributed by atoms with Crippen LogP contribution < -0.4 is 4.90 Å². The van der Waals surface area contributed by atoms with Gasteiger partial charge in [-0.15, -0.1) is 0 Å². The van der Waals surface area contributed by atoms with Crippen molar-refractivity contribution in [2.75, 3.05) is 18.0 Å². The number of imidazole rings is 1. The molecule has 0 bridgehead atoms. The maximum Gasteiger partial charge on any atom is 0.234 e. The molecular weight excluding hydrogens is 347 g/mol. The van der Waals surface area contributed by atoms with Crippen molar-refractivity contribution in [2.45, 2.75) is 12.8 Å². The van der Waals surface area contributed by atoms with Gasteiger partial charge in [0.25, 0.3) is 0 Å². The van der Waals surface area contributed by atoms with Gasteiger partial charge in [-0.2, -0.15) is 0 Å². The zero-order chi connectivity index (χ0) is 15.1. The van der Waals surface area contributed by atoms with Crippen LogP contribution in [-0.2, 0) is 0 Å². The zero-order valence-corrected chi connectivity index (χ0v) is 13.4. The van der Waals surface area contributed by atoms with Gasteiger partial charge in [-0.25, -0.2) is 14.4 Å². The normalized spacial score (nSPS) is 14.9. The fourth-order valence-corrected chi connectivity index (χ4v) is 3.19. The third-order valence-electron chi connectivity index (χ3n) is 3.98. The van der Waals surface area contributed by atoms with E-state index in [0.717, 1.165) is 23.2 Å². The molecule has 4 nitrogen and oxygen atoms in total. The van der Waals surface area contributed by atoms with Gasteiger partial charge in [-0.05, 0) is 47.0 Å². The van der Waals surface area contributed by atoms with Gasteiger partial charge in [0.05, 0.1) is 10.2 Å². The molecule has 6 heteroatoms. The molecule has 1 aromatic carbocycles. The Morgan fingerprint density at radius 2 is 1.95 bits per heavy atom. The molecule has 4 rings (SSSR count). The number of nitrogens with zero attached hydrogens (tertiary/aromatic N) is 4. The van der Waals surface area contributed by atoms with Gasteiger partial charge in [0.15, 0.2) is 0 Å². The summed E-state index contributed by atoms with van der Waals surface area (Å²) in [6.07, 6.45) is 7.74. The van der Waals surface area contributed by atoms with E-state index in [1.165, 1.54) is 18.9 Å². The minimum absolute atomic E-state index is 0.259. The Labute approximate surface area is 135 Å². The smallest absolute Gasteiger partial charge is 0.234 e. The molecule has 0 atom stereocenters. The molecule has 3 heterocycles. The molecule has 0 radical (unpaired) electrons. The van der Waals surface area contributed by atoms with Crippen LogP contribution in [0.5, 0.6) is 0 Å². The zero-order valence-electron chi connectivity index (χ0n) is 11.8. The van der Waals surface area contributed by atoms with Gasteiger partial charge < -0.3 is 4.90 Å². The maximum atomic E-state index is 14.3. The molecule has 0 aliphatic carbocycles. The third kappa shape index (κ3) is 2.37. The van der Waals surface area contributed by atoms with Gasteiger partial charge in [-0.3, -0.25) is 4.40 Å². The molecule has 0 N–H and O–H groups in total. The summed E-state index contributed by atoms with van der Waals surface area (Å²) in [6, 6.07) is 5.25. The van der Waals surface area contributed by atoms with Crippen molar-refractivity contribution in [1.82, 2.24) is 14.4 Å². The monoisotopic (exact) mass is 360 g/mol.